The summed E-state index contributed by atoms with van der Waals surface area (Å²) in [6, 6.07) is 7.97. The Morgan fingerprint density at radius 3 is 2.70 bits per heavy atom. The van der Waals surface area contributed by atoms with Gasteiger partial charge >= 0.3 is 0 Å². The van der Waals surface area contributed by atoms with Crippen molar-refractivity contribution in [2.45, 2.75) is 19.4 Å². The highest BCUT2D eigenvalue weighted by Crippen LogP contribution is 2.37. The van der Waals surface area contributed by atoms with Gasteiger partial charge < -0.3 is 0 Å². The third-order valence-electron chi connectivity index (χ3n) is 4.79. The molecule has 6 nitrogen and oxygen atoms in total. The molecule has 2 aromatic carbocycles. The van der Waals surface area contributed by atoms with Crippen LogP contribution < -0.4 is 9.62 Å². The minimum atomic E-state index is -3.37. The van der Waals surface area contributed by atoms with Crippen molar-refractivity contribution in [2.75, 3.05) is 15.9 Å². The summed E-state index contributed by atoms with van der Waals surface area (Å²) in [6.45, 7) is 1.85. The van der Waals surface area contributed by atoms with Gasteiger partial charge in [0.1, 0.15) is 11.6 Å². The second kappa shape index (κ2) is 7.44. The van der Waals surface area contributed by atoms with Gasteiger partial charge in [-0.3, -0.25) is 14.4 Å². The van der Waals surface area contributed by atoms with Crippen LogP contribution in [0.3, 0.4) is 0 Å². The molecule has 1 amide bonds. The zero-order valence-corrected chi connectivity index (χ0v) is 17.7. The molecule has 1 N–H and O–H groups in total. The van der Waals surface area contributed by atoms with E-state index in [4.69, 9.17) is 0 Å². The van der Waals surface area contributed by atoms with E-state index in [1.54, 1.807) is 17.5 Å². The molecule has 0 fully saturated rings. The van der Waals surface area contributed by atoms with E-state index in [9.17, 15) is 22.0 Å². The highest BCUT2D eigenvalue weighted by atomic mass is 32.2. The lowest BCUT2D eigenvalue weighted by Gasteiger charge is -2.21. The lowest BCUT2D eigenvalue weighted by molar-refractivity contribution is 0.102. The number of hydrogen-bond donors (Lipinski definition) is 1. The Labute approximate surface area is 176 Å². The molecule has 1 unspecified atom stereocenters. The average Bonchev–Trinajstić information content (AvgIpc) is 3.23. The molecule has 0 bridgehead atoms. The van der Waals surface area contributed by atoms with Crippen LogP contribution in [0.25, 0.3) is 11.3 Å². The number of carbonyl (C=O) groups is 1. The van der Waals surface area contributed by atoms with Gasteiger partial charge in [-0.25, -0.2) is 22.2 Å². The third-order valence-corrected chi connectivity index (χ3v) is 6.81. The Morgan fingerprint density at radius 1 is 1.23 bits per heavy atom. The van der Waals surface area contributed by atoms with Crippen LogP contribution >= 0.6 is 11.3 Å². The number of carbonyl (C=O) groups excluding carboxylic acids is 1. The number of amides is 1. The number of nitrogens with zero attached hydrogens (tertiary/aromatic N) is 2. The third kappa shape index (κ3) is 3.80. The molecule has 10 heteroatoms. The van der Waals surface area contributed by atoms with Crippen molar-refractivity contribution in [2.24, 2.45) is 0 Å². The van der Waals surface area contributed by atoms with Gasteiger partial charge in [0.25, 0.3) is 5.91 Å². The molecule has 0 saturated heterocycles. The quantitative estimate of drug-likeness (QED) is 0.652. The molecular weight excluding hydrogens is 432 g/mol. The largest absolute Gasteiger partial charge is 0.298 e. The zero-order chi connectivity index (χ0) is 21.6. The number of halogens is 2. The van der Waals surface area contributed by atoms with Gasteiger partial charge in [-0.05, 0) is 43.2 Å². The summed E-state index contributed by atoms with van der Waals surface area (Å²) >= 11 is 1.17. The van der Waals surface area contributed by atoms with E-state index in [1.807, 2.05) is 13.0 Å². The van der Waals surface area contributed by atoms with E-state index < -0.39 is 27.6 Å². The Bertz CT molecular complexity index is 1260. The Kier molecular flexibility index (Phi) is 5.07. The van der Waals surface area contributed by atoms with Crippen LogP contribution in [-0.4, -0.2) is 31.6 Å². The zero-order valence-electron chi connectivity index (χ0n) is 16.0. The van der Waals surface area contributed by atoms with Crippen molar-refractivity contribution >= 4 is 38.1 Å². The molecule has 0 aliphatic carbocycles. The molecule has 1 aromatic heterocycles. The maximum absolute atomic E-state index is 13.8. The number of sulfonamides is 1. The summed E-state index contributed by atoms with van der Waals surface area (Å²) in [5.74, 6) is -2.44. The highest BCUT2D eigenvalue weighted by molar-refractivity contribution is 7.92. The van der Waals surface area contributed by atoms with Crippen LogP contribution in [0.2, 0.25) is 0 Å². The van der Waals surface area contributed by atoms with Gasteiger partial charge in [-0.1, -0.05) is 6.07 Å². The van der Waals surface area contributed by atoms with Gasteiger partial charge in [-0.2, -0.15) is 0 Å². The molecule has 3 aromatic rings. The average molecular weight is 450 g/mol. The maximum atomic E-state index is 13.8. The molecule has 2 heterocycles. The molecule has 1 aliphatic rings. The Balaban J connectivity index is 1.56. The van der Waals surface area contributed by atoms with E-state index >= 15 is 0 Å². The SMILES string of the molecule is CC1Cc2cc(-c3csc(NC(=O)c4ccc(F)cc4F)n3)ccc2N1S(C)(=O)=O. The molecule has 0 spiro atoms. The van der Waals surface area contributed by atoms with Gasteiger partial charge in [0.05, 0.1) is 23.2 Å². The summed E-state index contributed by atoms with van der Waals surface area (Å²) in [4.78, 5) is 16.6. The van der Waals surface area contributed by atoms with Crippen molar-refractivity contribution in [1.82, 2.24) is 4.98 Å². The minimum absolute atomic E-state index is 0.166. The van der Waals surface area contributed by atoms with Crippen molar-refractivity contribution in [3.05, 3.63) is 64.5 Å². The predicted octanol–water partition coefficient (Wildman–Crippen LogP) is 4.05. The number of aromatic nitrogens is 1. The van der Waals surface area contributed by atoms with Gasteiger partial charge in [0, 0.05) is 23.1 Å². The topological polar surface area (TPSA) is 79.4 Å². The van der Waals surface area contributed by atoms with Crippen molar-refractivity contribution in [3.8, 4) is 11.3 Å². The lowest BCUT2D eigenvalue weighted by atomic mass is 10.1. The fourth-order valence-electron chi connectivity index (χ4n) is 3.57. The summed E-state index contributed by atoms with van der Waals surface area (Å²) in [6.07, 6.45) is 1.78. The van der Waals surface area contributed by atoms with Gasteiger partial charge in [-0.15, -0.1) is 11.3 Å². The Hall–Kier alpha value is -2.85. The number of thiazole rings is 1. The maximum Gasteiger partial charge on any atom is 0.260 e. The number of fused-ring (bicyclic) bond motifs is 1. The Morgan fingerprint density at radius 2 is 2.00 bits per heavy atom. The number of benzene rings is 2. The van der Waals surface area contributed by atoms with E-state index in [0.29, 0.717) is 23.9 Å². The molecular formula is C20H17F2N3O3S2. The van der Waals surface area contributed by atoms with Gasteiger partial charge in [0.2, 0.25) is 10.0 Å². The minimum Gasteiger partial charge on any atom is -0.298 e. The smallest absolute Gasteiger partial charge is 0.260 e. The van der Waals surface area contributed by atoms with Crippen LogP contribution in [-0.2, 0) is 16.4 Å². The summed E-state index contributed by atoms with van der Waals surface area (Å²) in [7, 11) is -3.37. The second-order valence-electron chi connectivity index (χ2n) is 7.07. The van der Waals surface area contributed by atoms with Crippen molar-refractivity contribution in [3.63, 3.8) is 0 Å². The summed E-state index contributed by atoms with van der Waals surface area (Å²) in [5.41, 5.74) is 2.66. The normalized spacial score (nSPS) is 15.9. The first-order valence-electron chi connectivity index (χ1n) is 8.98. The second-order valence-corrected chi connectivity index (χ2v) is 9.79. The first-order chi connectivity index (χ1) is 14.1. The first-order valence-corrected chi connectivity index (χ1v) is 11.7. The number of rotatable bonds is 4. The predicted molar refractivity (Wildman–Crippen MR) is 112 cm³/mol. The van der Waals surface area contributed by atoms with Crippen LogP contribution in [0.5, 0.6) is 0 Å². The summed E-state index contributed by atoms with van der Waals surface area (Å²) < 4.78 is 52.3. The molecule has 0 radical (unpaired) electrons. The van der Waals surface area contributed by atoms with Gasteiger partial charge in [0.15, 0.2) is 5.13 Å². The van der Waals surface area contributed by atoms with Crippen LogP contribution in [0.1, 0.15) is 22.8 Å². The van der Waals surface area contributed by atoms with Crippen molar-refractivity contribution < 1.29 is 22.0 Å². The fraction of sp³-hybridized carbons (Fsp3) is 0.200. The highest BCUT2D eigenvalue weighted by Gasteiger charge is 2.32. The van der Waals surface area contributed by atoms with Crippen molar-refractivity contribution in [1.29, 1.82) is 0 Å². The fourth-order valence-corrected chi connectivity index (χ4v) is 5.55. The molecule has 1 aliphatic heterocycles. The van der Waals surface area contributed by atoms with E-state index in [1.165, 1.54) is 21.9 Å². The monoisotopic (exact) mass is 449 g/mol. The number of hydrogen-bond acceptors (Lipinski definition) is 5. The van der Waals surface area contributed by atoms with E-state index in [0.717, 1.165) is 23.3 Å². The molecule has 4 rings (SSSR count). The van der Waals surface area contributed by atoms with Crippen LogP contribution in [0, 0.1) is 11.6 Å². The molecule has 30 heavy (non-hydrogen) atoms. The first kappa shape index (κ1) is 20.4. The molecule has 156 valence electrons. The number of anilines is 2. The van der Waals surface area contributed by atoms with Crippen LogP contribution in [0.15, 0.2) is 41.8 Å². The summed E-state index contributed by atoms with van der Waals surface area (Å²) in [5, 5.41) is 4.52. The molecule has 0 saturated carbocycles. The van der Waals surface area contributed by atoms with E-state index in [2.05, 4.69) is 10.3 Å². The standard InChI is InChI=1S/C20H17F2N3O3S2/c1-11-7-13-8-12(3-6-18(13)25(11)30(2,27)28)17-10-29-20(23-17)24-19(26)15-5-4-14(21)9-16(15)22/h3-6,8-11H,7H2,1-2H3,(H,23,24,26). The number of nitrogens with one attached hydrogen (secondary N) is 1. The van der Waals surface area contributed by atoms with E-state index in [-0.39, 0.29) is 16.7 Å². The van der Waals surface area contributed by atoms with Crippen LogP contribution in [0.4, 0.5) is 19.6 Å². The lowest BCUT2D eigenvalue weighted by Crippen LogP contribution is -2.34. The molecule has 1 atom stereocenters.